The maximum Gasteiger partial charge on any atom is 0.156 e. The van der Waals surface area contributed by atoms with Gasteiger partial charge >= 0.3 is 0 Å². The van der Waals surface area contributed by atoms with Gasteiger partial charge in [-0.25, -0.2) is 9.50 Å². The number of H-pyrrole nitrogens is 1. The topological polar surface area (TPSA) is 70.9 Å². The molecule has 1 aliphatic rings. The Kier molecular flexibility index (Phi) is 2.63. The van der Waals surface area contributed by atoms with E-state index < -0.39 is 0 Å². The number of fused-ring (bicyclic) bond motifs is 1. The Bertz CT molecular complexity index is 757. The van der Waals surface area contributed by atoms with Crippen molar-refractivity contribution in [1.29, 1.82) is 0 Å². The number of anilines is 1. The molecule has 2 N–H and O–H groups in total. The van der Waals surface area contributed by atoms with Gasteiger partial charge in [-0.2, -0.15) is 10.2 Å². The van der Waals surface area contributed by atoms with Gasteiger partial charge in [0.1, 0.15) is 6.33 Å². The van der Waals surface area contributed by atoms with Gasteiger partial charge in [-0.1, -0.05) is 11.6 Å². The lowest BCUT2D eigenvalue weighted by molar-refractivity contribution is 0.942. The summed E-state index contributed by atoms with van der Waals surface area (Å²) >= 11 is 6.15. The average Bonchev–Trinajstić information content (AvgIpc) is 3.08. The van der Waals surface area contributed by atoms with E-state index in [9.17, 15) is 0 Å². The normalized spacial score (nSPS) is 14.8. The largest absolute Gasteiger partial charge is 0.380 e. The van der Waals surface area contributed by atoms with Crippen LogP contribution in [0.5, 0.6) is 0 Å². The van der Waals surface area contributed by atoms with Gasteiger partial charge in [0.05, 0.1) is 11.9 Å². The number of nitrogens with zero attached hydrogens (tertiary/aromatic N) is 4. The minimum atomic E-state index is 0.557. The van der Waals surface area contributed by atoms with Gasteiger partial charge in [0.15, 0.2) is 10.8 Å². The van der Waals surface area contributed by atoms with Crippen LogP contribution in [0.4, 0.5) is 5.69 Å². The maximum absolute atomic E-state index is 6.15. The van der Waals surface area contributed by atoms with E-state index >= 15 is 0 Å². The Balaban J connectivity index is 1.56. The third-order valence-electron chi connectivity index (χ3n) is 3.58. The molecule has 1 saturated carbocycles. The second-order valence-electron chi connectivity index (χ2n) is 5.02. The van der Waals surface area contributed by atoms with E-state index in [0.717, 1.165) is 16.9 Å². The van der Waals surface area contributed by atoms with E-state index in [4.69, 9.17) is 11.6 Å². The molecule has 0 amide bonds. The molecule has 102 valence electrons. The van der Waals surface area contributed by atoms with Crippen molar-refractivity contribution in [1.82, 2.24) is 24.8 Å². The second kappa shape index (κ2) is 4.49. The van der Waals surface area contributed by atoms with Crippen LogP contribution in [0.15, 0.2) is 24.7 Å². The Morgan fingerprint density at radius 3 is 3.15 bits per heavy atom. The van der Waals surface area contributed by atoms with Crippen molar-refractivity contribution in [2.45, 2.75) is 25.3 Å². The first-order chi connectivity index (χ1) is 9.81. The van der Waals surface area contributed by atoms with E-state index in [2.05, 4.69) is 25.6 Å². The molecule has 0 spiro atoms. The van der Waals surface area contributed by atoms with Gasteiger partial charge in [-0.3, -0.25) is 5.10 Å². The highest BCUT2D eigenvalue weighted by molar-refractivity contribution is 6.30. The zero-order valence-electron chi connectivity index (χ0n) is 10.7. The number of nitrogens with one attached hydrogen (secondary N) is 2. The van der Waals surface area contributed by atoms with Crippen LogP contribution in [0.25, 0.3) is 5.65 Å². The quantitative estimate of drug-likeness (QED) is 0.774. The lowest BCUT2D eigenvalue weighted by atomic mass is 10.2. The summed E-state index contributed by atoms with van der Waals surface area (Å²) in [6, 6.07) is 3.91. The molecule has 0 radical (unpaired) electrons. The van der Waals surface area contributed by atoms with Crippen LogP contribution >= 0.6 is 11.6 Å². The van der Waals surface area contributed by atoms with Crippen LogP contribution in [0.2, 0.25) is 5.15 Å². The Morgan fingerprint density at radius 1 is 1.40 bits per heavy atom. The van der Waals surface area contributed by atoms with E-state index in [0.29, 0.717) is 17.6 Å². The van der Waals surface area contributed by atoms with Crippen molar-refractivity contribution in [2.24, 2.45) is 0 Å². The molecule has 3 aromatic heterocycles. The minimum Gasteiger partial charge on any atom is -0.380 e. The highest BCUT2D eigenvalue weighted by Crippen LogP contribution is 2.42. The number of halogens is 1. The molecule has 0 aromatic carbocycles. The van der Waals surface area contributed by atoms with E-state index in [-0.39, 0.29) is 0 Å². The van der Waals surface area contributed by atoms with Gasteiger partial charge in [-0.15, -0.1) is 0 Å². The fraction of sp³-hybridized carbons (Fsp3) is 0.308. The average molecular weight is 289 g/mol. The zero-order valence-corrected chi connectivity index (χ0v) is 11.4. The fourth-order valence-corrected chi connectivity index (χ4v) is 2.56. The van der Waals surface area contributed by atoms with Crippen molar-refractivity contribution in [2.75, 3.05) is 5.32 Å². The first-order valence-electron chi connectivity index (χ1n) is 6.57. The number of aromatic amines is 1. The Morgan fingerprint density at radius 2 is 2.30 bits per heavy atom. The lowest BCUT2D eigenvalue weighted by Gasteiger charge is -2.07. The van der Waals surface area contributed by atoms with Crippen LogP contribution in [-0.4, -0.2) is 24.8 Å². The highest BCUT2D eigenvalue weighted by atomic mass is 35.5. The summed E-state index contributed by atoms with van der Waals surface area (Å²) in [5.74, 6) is 0.601. The summed E-state index contributed by atoms with van der Waals surface area (Å²) in [6.07, 6.45) is 5.89. The number of hydrogen-bond acceptors (Lipinski definition) is 4. The maximum atomic E-state index is 6.15. The lowest BCUT2D eigenvalue weighted by Crippen LogP contribution is -2.03. The first kappa shape index (κ1) is 11.7. The SMILES string of the molecule is Clc1n[nH]c(C2CC2)c1CNc1ccc2ncnn2c1. The van der Waals surface area contributed by atoms with Gasteiger partial charge < -0.3 is 5.32 Å². The van der Waals surface area contributed by atoms with Crippen molar-refractivity contribution in [3.63, 3.8) is 0 Å². The zero-order chi connectivity index (χ0) is 13.5. The Labute approximate surface area is 120 Å². The summed E-state index contributed by atoms with van der Waals surface area (Å²) < 4.78 is 1.74. The summed E-state index contributed by atoms with van der Waals surface area (Å²) in [5, 5.41) is 15.2. The molecule has 3 aromatic rings. The van der Waals surface area contributed by atoms with Crippen molar-refractivity contribution >= 4 is 22.9 Å². The molecule has 1 aliphatic carbocycles. The van der Waals surface area contributed by atoms with E-state index in [1.165, 1.54) is 24.9 Å². The molecular weight excluding hydrogens is 276 g/mol. The van der Waals surface area contributed by atoms with Crippen LogP contribution in [-0.2, 0) is 6.54 Å². The van der Waals surface area contributed by atoms with Gasteiger partial charge in [0.25, 0.3) is 0 Å². The predicted octanol–water partition coefficient (Wildman–Crippen LogP) is 2.60. The molecule has 0 aliphatic heterocycles. The van der Waals surface area contributed by atoms with E-state index in [1.807, 2.05) is 18.3 Å². The highest BCUT2D eigenvalue weighted by Gasteiger charge is 2.29. The molecule has 4 rings (SSSR count). The smallest absolute Gasteiger partial charge is 0.156 e. The molecule has 20 heavy (non-hydrogen) atoms. The molecule has 0 saturated heterocycles. The fourth-order valence-electron chi connectivity index (χ4n) is 2.35. The van der Waals surface area contributed by atoms with Gasteiger partial charge in [0, 0.05) is 23.7 Å². The molecule has 6 nitrogen and oxygen atoms in total. The third-order valence-corrected chi connectivity index (χ3v) is 3.89. The van der Waals surface area contributed by atoms with Crippen molar-refractivity contribution < 1.29 is 0 Å². The van der Waals surface area contributed by atoms with E-state index in [1.54, 1.807) is 4.52 Å². The molecule has 1 fully saturated rings. The predicted molar refractivity (Wildman–Crippen MR) is 75.9 cm³/mol. The van der Waals surface area contributed by atoms with Crippen LogP contribution in [0.1, 0.15) is 30.0 Å². The minimum absolute atomic E-state index is 0.557. The monoisotopic (exact) mass is 288 g/mol. The molecule has 0 bridgehead atoms. The van der Waals surface area contributed by atoms with Gasteiger partial charge in [0.2, 0.25) is 0 Å². The summed E-state index contributed by atoms with van der Waals surface area (Å²) in [5.41, 5.74) is 4.04. The summed E-state index contributed by atoms with van der Waals surface area (Å²) in [6.45, 7) is 0.654. The van der Waals surface area contributed by atoms with Gasteiger partial charge in [-0.05, 0) is 25.0 Å². The standard InChI is InChI=1S/C13H13ClN6/c14-13-10(12(18-19-13)8-1-2-8)5-15-9-3-4-11-16-7-17-20(11)6-9/h3-4,6-8,15H,1-2,5H2,(H,18,19). The molecule has 0 unspecified atom stereocenters. The number of pyridine rings is 1. The number of aromatic nitrogens is 5. The first-order valence-corrected chi connectivity index (χ1v) is 6.95. The van der Waals surface area contributed by atoms with Crippen molar-refractivity contribution in [3.05, 3.63) is 41.1 Å². The summed E-state index contributed by atoms with van der Waals surface area (Å²) in [7, 11) is 0. The second-order valence-corrected chi connectivity index (χ2v) is 5.37. The number of hydrogen-bond donors (Lipinski definition) is 2. The third kappa shape index (κ3) is 2.02. The summed E-state index contributed by atoms with van der Waals surface area (Å²) in [4.78, 5) is 4.12. The Hall–Kier alpha value is -2.08. The van der Waals surface area contributed by atoms with Crippen molar-refractivity contribution in [3.8, 4) is 0 Å². The van der Waals surface area contributed by atoms with Crippen LogP contribution < -0.4 is 5.32 Å². The molecule has 0 atom stereocenters. The number of rotatable bonds is 4. The van der Waals surface area contributed by atoms with Crippen LogP contribution in [0.3, 0.4) is 0 Å². The molecule has 3 heterocycles. The van der Waals surface area contributed by atoms with Crippen LogP contribution in [0, 0.1) is 0 Å². The molecular formula is C13H13ClN6. The molecule has 7 heteroatoms.